The topological polar surface area (TPSA) is 118 Å². The van der Waals surface area contributed by atoms with Crippen LogP contribution in [0.2, 0.25) is 0 Å². The average Bonchev–Trinajstić information content (AvgIpc) is 3.33. The van der Waals surface area contributed by atoms with E-state index in [-0.39, 0.29) is 22.9 Å². The second-order valence-corrected chi connectivity index (χ2v) is 9.96. The Labute approximate surface area is 165 Å². The first-order valence-electron chi connectivity index (χ1n) is 8.17. The van der Waals surface area contributed by atoms with Gasteiger partial charge in [0, 0.05) is 12.3 Å². The molecule has 3 heterocycles. The zero-order valence-electron chi connectivity index (χ0n) is 14.8. The van der Waals surface area contributed by atoms with E-state index < -0.39 is 22.0 Å². The molecule has 1 aliphatic heterocycles. The molecule has 3 rings (SSSR count). The van der Waals surface area contributed by atoms with Crippen LogP contribution in [-0.2, 0) is 14.8 Å². The summed E-state index contributed by atoms with van der Waals surface area (Å²) >= 11 is 2.70. The van der Waals surface area contributed by atoms with E-state index in [1.165, 1.54) is 27.4 Å². The van der Waals surface area contributed by atoms with Crippen LogP contribution in [0.1, 0.15) is 24.3 Å². The van der Waals surface area contributed by atoms with Gasteiger partial charge in [-0.05, 0) is 26.7 Å². The van der Waals surface area contributed by atoms with Gasteiger partial charge in [0.15, 0.2) is 10.1 Å². The van der Waals surface area contributed by atoms with Crippen molar-refractivity contribution in [2.45, 2.75) is 42.0 Å². The molecular weight excluding hydrogens is 410 g/mol. The molecule has 1 fully saturated rings. The summed E-state index contributed by atoms with van der Waals surface area (Å²) in [4.78, 5) is 12.7. The van der Waals surface area contributed by atoms with Gasteiger partial charge in [0.05, 0.1) is 0 Å². The molecule has 0 aliphatic carbocycles. The van der Waals surface area contributed by atoms with Gasteiger partial charge in [-0.25, -0.2) is 8.42 Å². The fraction of sp³-hybridized carbons (Fsp3) is 0.467. The molecule has 27 heavy (non-hydrogen) atoms. The largest absolute Gasteiger partial charge is 0.360 e. The lowest BCUT2D eigenvalue weighted by molar-refractivity contribution is -0.119. The van der Waals surface area contributed by atoms with E-state index in [0.717, 1.165) is 0 Å². The van der Waals surface area contributed by atoms with Gasteiger partial charge >= 0.3 is 0 Å². The van der Waals surface area contributed by atoms with E-state index in [2.05, 4.69) is 27.2 Å². The van der Waals surface area contributed by atoms with Crippen LogP contribution in [0.4, 0.5) is 5.13 Å². The van der Waals surface area contributed by atoms with E-state index in [9.17, 15) is 13.2 Å². The van der Waals surface area contributed by atoms with Gasteiger partial charge in [0.1, 0.15) is 16.6 Å². The summed E-state index contributed by atoms with van der Waals surface area (Å²) in [5, 5.41) is 14.6. The molecule has 0 radical (unpaired) electrons. The fourth-order valence-electron chi connectivity index (χ4n) is 2.89. The summed E-state index contributed by atoms with van der Waals surface area (Å²) in [5.74, 6) is 0.486. The number of carbonyl (C=O) groups excluding carboxylic acids is 1. The maximum atomic E-state index is 13.0. The Morgan fingerprint density at radius 3 is 2.93 bits per heavy atom. The van der Waals surface area contributed by atoms with Crippen molar-refractivity contribution in [3.63, 3.8) is 0 Å². The highest BCUT2D eigenvalue weighted by Gasteiger charge is 2.42. The van der Waals surface area contributed by atoms with Crippen LogP contribution in [0.15, 0.2) is 26.4 Å². The number of amides is 1. The van der Waals surface area contributed by atoms with Gasteiger partial charge in [0.25, 0.3) is 0 Å². The minimum atomic E-state index is -3.88. The van der Waals surface area contributed by atoms with Crippen molar-refractivity contribution in [3.8, 4) is 0 Å². The number of sulfonamides is 1. The number of thioether (sulfide) groups is 1. The predicted octanol–water partition coefficient (Wildman–Crippen LogP) is 2.21. The van der Waals surface area contributed by atoms with Crippen molar-refractivity contribution < 1.29 is 17.7 Å². The summed E-state index contributed by atoms with van der Waals surface area (Å²) in [6.45, 7) is 7.02. The predicted molar refractivity (Wildman–Crippen MR) is 102 cm³/mol. The minimum Gasteiger partial charge on any atom is -0.360 e. The van der Waals surface area contributed by atoms with Gasteiger partial charge in [-0.3, -0.25) is 10.1 Å². The van der Waals surface area contributed by atoms with Crippen molar-refractivity contribution >= 4 is 44.2 Å². The summed E-state index contributed by atoms with van der Waals surface area (Å²) < 4.78 is 33.0. The summed E-state index contributed by atoms with van der Waals surface area (Å²) in [5.41, 5.74) is 0.284. The molecule has 0 bridgehead atoms. The Bertz CT molecular complexity index is 933. The van der Waals surface area contributed by atoms with Crippen LogP contribution in [0.3, 0.4) is 0 Å². The molecule has 0 aromatic carbocycles. The summed E-state index contributed by atoms with van der Waals surface area (Å²) in [6, 6.07) is -0.808. The molecule has 2 aromatic rings. The molecule has 0 spiro atoms. The third kappa shape index (κ3) is 4.08. The van der Waals surface area contributed by atoms with Crippen LogP contribution < -0.4 is 5.32 Å². The number of anilines is 1. The first-order valence-corrected chi connectivity index (χ1v) is 11.4. The lowest BCUT2D eigenvalue weighted by Gasteiger charge is -2.22. The van der Waals surface area contributed by atoms with E-state index in [0.29, 0.717) is 28.1 Å². The zero-order valence-corrected chi connectivity index (χ0v) is 17.3. The molecule has 12 heteroatoms. The molecule has 0 unspecified atom stereocenters. The second kappa shape index (κ2) is 8.09. The number of aryl methyl sites for hydroxylation is 2. The average molecular weight is 430 g/mol. The number of aromatic nitrogens is 3. The fourth-order valence-corrected chi connectivity index (χ4v) is 6.35. The lowest BCUT2D eigenvalue weighted by atomic mass is 10.2. The Kier molecular flexibility index (Phi) is 5.99. The highest BCUT2D eigenvalue weighted by Crippen LogP contribution is 2.31. The number of nitrogens with zero attached hydrogens (tertiary/aromatic N) is 4. The smallest absolute Gasteiger partial charge is 0.249 e. The molecule has 1 aliphatic rings. The highest BCUT2D eigenvalue weighted by atomic mass is 32.2. The molecule has 1 saturated heterocycles. The third-order valence-corrected chi connectivity index (χ3v) is 8.12. The van der Waals surface area contributed by atoms with Gasteiger partial charge in [-0.15, -0.1) is 16.8 Å². The van der Waals surface area contributed by atoms with Crippen molar-refractivity contribution in [2.75, 3.05) is 17.6 Å². The molecule has 1 N–H and O–H groups in total. The van der Waals surface area contributed by atoms with Crippen molar-refractivity contribution in [2.24, 2.45) is 0 Å². The monoisotopic (exact) mass is 429 g/mol. The highest BCUT2D eigenvalue weighted by molar-refractivity contribution is 8.01. The van der Waals surface area contributed by atoms with Crippen LogP contribution in [0.5, 0.6) is 0 Å². The number of hydrogen-bond acceptors (Lipinski definition) is 9. The molecule has 1 amide bonds. The van der Waals surface area contributed by atoms with Crippen molar-refractivity contribution in [3.05, 3.63) is 24.1 Å². The quantitative estimate of drug-likeness (QED) is 0.404. The number of carbonyl (C=O) groups is 1. The maximum absolute atomic E-state index is 13.0. The van der Waals surface area contributed by atoms with E-state index >= 15 is 0 Å². The SMILES string of the molecule is C=CCSc1nnc(NC(=O)[C@H]2CCCN2S(=O)(=O)c2c(C)noc2C)s1. The molecular formula is C15H19N5O4S3. The molecule has 0 saturated carbocycles. The second-order valence-electron chi connectivity index (χ2n) is 5.89. The van der Waals surface area contributed by atoms with Crippen LogP contribution in [-0.4, -0.2) is 52.3 Å². The van der Waals surface area contributed by atoms with Gasteiger partial charge in [0.2, 0.25) is 21.1 Å². The first-order chi connectivity index (χ1) is 12.8. The van der Waals surface area contributed by atoms with Gasteiger partial charge < -0.3 is 4.52 Å². The number of nitrogens with one attached hydrogen (secondary N) is 1. The summed E-state index contributed by atoms with van der Waals surface area (Å²) in [7, 11) is -3.88. The lowest BCUT2D eigenvalue weighted by Crippen LogP contribution is -2.43. The molecule has 146 valence electrons. The molecule has 1 atom stereocenters. The Morgan fingerprint density at radius 2 is 2.26 bits per heavy atom. The van der Waals surface area contributed by atoms with Crippen molar-refractivity contribution in [1.82, 2.24) is 19.7 Å². The normalized spacial score (nSPS) is 17.9. The van der Waals surface area contributed by atoms with E-state index in [4.69, 9.17) is 4.52 Å². The maximum Gasteiger partial charge on any atom is 0.249 e. The number of rotatable bonds is 7. The Hall–Kier alpha value is -1.76. The zero-order chi connectivity index (χ0) is 19.6. The molecule has 2 aromatic heterocycles. The Balaban J connectivity index is 1.77. The standard InChI is InChI=1S/C15H19N5O4S3/c1-4-8-25-15-18-17-14(26-15)16-13(21)11-6-5-7-20(11)27(22,23)12-9(2)19-24-10(12)3/h4,11H,1,5-8H2,2-3H3,(H,16,17,21)/t11-/m1/s1. The minimum absolute atomic E-state index is 0.0289. The summed E-state index contributed by atoms with van der Waals surface area (Å²) in [6.07, 6.45) is 2.78. The van der Waals surface area contributed by atoms with Crippen molar-refractivity contribution in [1.29, 1.82) is 0 Å². The van der Waals surface area contributed by atoms with E-state index in [1.54, 1.807) is 19.9 Å². The van der Waals surface area contributed by atoms with Crippen LogP contribution >= 0.6 is 23.1 Å². The third-order valence-electron chi connectivity index (χ3n) is 4.00. The van der Waals surface area contributed by atoms with Gasteiger partial charge in [-0.1, -0.05) is 34.3 Å². The molecule has 9 nitrogen and oxygen atoms in total. The van der Waals surface area contributed by atoms with Crippen LogP contribution in [0.25, 0.3) is 0 Å². The number of hydrogen-bond donors (Lipinski definition) is 1. The van der Waals surface area contributed by atoms with Gasteiger partial charge in [-0.2, -0.15) is 4.31 Å². The first kappa shape index (κ1) is 20.0. The van der Waals surface area contributed by atoms with Crippen LogP contribution in [0, 0.1) is 13.8 Å². The van der Waals surface area contributed by atoms with E-state index in [1.807, 2.05) is 0 Å². The Morgan fingerprint density at radius 1 is 1.48 bits per heavy atom.